The SMILES string of the molecule is CCCC1C(=O)NC(=O)N(C2CN3CCC2CC3)C1=O. The van der Waals surface area contributed by atoms with Crippen molar-refractivity contribution in [1.82, 2.24) is 15.1 Å². The van der Waals surface area contributed by atoms with Crippen molar-refractivity contribution in [2.75, 3.05) is 19.6 Å². The van der Waals surface area contributed by atoms with Crippen molar-refractivity contribution >= 4 is 17.8 Å². The maximum atomic E-state index is 12.5. The predicted octanol–water partition coefficient (Wildman–Crippen LogP) is 0.575. The van der Waals surface area contributed by atoms with Gasteiger partial charge >= 0.3 is 6.03 Å². The van der Waals surface area contributed by atoms with Gasteiger partial charge in [0.1, 0.15) is 5.92 Å². The number of urea groups is 1. The van der Waals surface area contributed by atoms with Gasteiger partial charge in [-0.2, -0.15) is 0 Å². The Morgan fingerprint density at radius 3 is 2.45 bits per heavy atom. The highest BCUT2D eigenvalue weighted by Crippen LogP contribution is 2.33. The molecule has 0 saturated carbocycles. The molecule has 0 radical (unpaired) electrons. The molecular formula is C14H21N3O3. The van der Waals surface area contributed by atoms with Gasteiger partial charge in [0.25, 0.3) is 0 Å². The lowest BCUT2D eigenvalue weighted by Gasteiger charge is -2.49. The number of barbiturate groups is 1. The Kier molecular flexibility index (Phi) is 3.50. The smallest absolute Gasteiger partial charge is 0.301 e. The molecule has 4 rings (SSSR count). The molecule has 4 aliphatic rings. The Bertz CT molecular complexity index is 443. The minimum absolute atomic E-state index is 0.0579. The molecule has 6 heteroatoms. The van der Waals surface area contributed by atoms with Crippen LogP contribution in [0.15, 0.2) is 0 Å². The average Bonchev–Trinajstić information content (AvgIpc) is 2.44. The van der Waals surface area contributed by atoms with Crippen LogP contribution in [-0.2, 0) is 9.59 Å². The van der Waals surface area contributed by atoms with Crippen LogP contribution in [0.2, 0.25) is 0 Å². The van der Waals surface area contributed by atoms with E-state index in [1.165, 1.54) is 4.90 Å². The summed E-state index contributed by atoms with van der Waals surface area (Å²) in [6, 6.07) is -0.580. The van der Waals surface area contributed by atoms with E-state index in [-0.39, 0.29) is 11.9 Å². The number of nitrogens with zero attached hydrogens (tertiary/aromatic N) is 2. The minimum Gasteiger partial charge on any atom is -0.301 e. The number of carbonyl (C=O) groups is 3. The Balaban J connectivity index is 1.82. The molecule has 2 unspecified atom stereocenters. The van der Waals surface area contributed by atoms with Crippen LogP contribution in [0.5, 0.6) is 0 Å². The summed E-state index contributed by atoms with van der Waals surface area (Å²) in [5.74, 6) is -1.02. The zero-order valence-corrected chi connectivity index (χ0v) is 11.8. The number of hydrogen-bond donors (Lipinski definition) is 1. The summed E-state index contributed by atoms with van der Waals surface area (Å²) in [5, 5.41) is 2.36. The molecule has 20 heavy (non-hydrogen) atoms. The van der Waals surface area contributed by atoms with Crippen LogP contribution in [-0.4, -0.2) is 53.3 Å². The molecule has 0 spiro atoms. The topological polar surface area (TPSA) is 69.7 Å². The number of amides is 4. The van der Waals surface area contributed by atoms with Crippen molar-refractivity contribution in [3.63, 3.8) is 0 Å². The van der Waals surface area contributed by atoms with E-state index in [1.807, 2.05) is 6.92 Å². The summed E-state index contributed by atoms with van der Waals surface area (Å²) in [6.45, 7) is 4.82. The number of piperidine rings is 3. The molecule has 2 atom stereocenters. The third kappa shape index (κ3) is 2.12. The fourth-order valence-electron chi connectivity index (χ4n) is 3.72. The fourth-order valence-corrected chi connectivity index (χ4v) is 3.72. The maximum Gasteiger partial charge on any atom is 0.331 e. The van der Waals surface area contributed by atoms with Crippen LogP contribution >= 0.6 is 0 Å². The van der Waals surface area contributed by atoms with Crippen LogP contribution in [0.4, 0.5) is 4.79 Å². The highest BCUT2D eigenvalue weighted by Gasteiger charge is 2.47. The summed E-state index contributed by atoms with van der Waals surface area (Å²) >= 11 is 0. The van der Waals surface area contributed by atoms with Crippen LogP contribution < -0.4 is 5.32 Å². The second-order valence-corrected chi connectivity index (χ2v) is 6.05. The second kappa shape index (κ2) is 5.16. The molecule has 6 nitrogen and oxygen atoms in total. The van der Waals surface area contributed by atoms with Crippen molar-refractivity contribution in [2.45, 2.75) is 38.6 Å². The number of carbonyl (C=O) groups excluding carboxylic acids is 3. The third-order valence-electron chi connectivity index (χ3n) is 4.83. The lowest BCUT2D eigenvalue weighted by atomic mass is 9.82. The quantitative estimate of drug-likeness (QED) is 0.767. The molecule has 4 heterocycles. The number of imide groups is 2. The van der Waals surface area contributed by atoms with Gasteiger partial charge in [-0.15, -0.1) is 0 Å². The van der Waals surface area contributed by atoms with E-state index in [9.17, 15) is 14.4 Å². The van der Waals surface area contributed by atoms with Crippen LogP contribution in [0.3, 0.4) is 0 Å². The van der Waals surface area contributed by atoms with E-state index >= 15 is 0 Å². The summed E-state index contributed by atoms with van der Waals surface area (Å²) in [7, 11) is 0. The van der Waals surface area contributed by atoms with E-state index in [1.54, 1.807) is 0 Å². The van der Waals surface area contributed by atoms with E-state index in [4.69, 9.17) is 0 Å². The van der Waals surface area contributed by atoms with Crippen LogP contribution in [0, 0.1) is 11.8 Å². The van der Waals surface area contributed by atoms with Gasteiger partial charge < -0.3 is 4.90 Å². The van der Waals surface area contributed by atoms with Gasteiger partial charge in [0, 0.05) is 6.54 Å². The molecule has 1 N–H and O–H groups in total. The lowest BCUT2D eigenvalue weighted by molar-refractivity contribution is -0.147. The predicted molar refractivity (Wildman–Crippen MR) is 71.7 cm³/mol. The Morgan fingerprint density at radius 1 is 1.20 bits per heavy atom. The molecule has 4 fully saturated rings. The average molecular weight is 279 g/mol. The molecule has 0 aromatic heterocycles. The molecule has 110 valence electrons. The number of rotatable bonds is 3. The van der Waals surface area contributed by atoms with Crippen molar-refractivity contribution in [1.29, 1.82) is 0 Å². The highest BCUT2D eigenvalue weighted by atomic mass is 16.2. The standard InChI is InChI=1S/C14H21N3O3/c1-2-3-10-12(18)15-14(20)17(13(10)19)11-8-16-6-4-9(11)5-7-16/h9-11H,2-8H2,1H3,(H,15,18,20). The first-order valence-corrected chi connectivity index (χ1v) is 7.52. The van der Waals surface area contributed by atoms with Crippen molar-refractivity contribution < 1.29 is 14.4 Å². The minimum atomic E-state index is -0.687. The monoisotopic (exact) mass is 279 g/mol. The van der Waals surface area contributed by atoms with Gasteiger partial charge in [0.05, 0.1) is 6.04 Å². The molecular weight excluding hydrogens is 258 g/mol. The van der Waals surface area contributed by atoms with Gasteiger partial charge in [0.15, 0.2) is 0 Å². The summed E-state index contributed by atoms with van der Waals surface area (Å²) in [5.41, 5.74) is 0. The van der Waals surface area contributed by atoms with E-state index in [2.05, 4.69) is 10.2 Å². The molecule has 4 aliphatic heterocycles. The molecule has 0 aromatic carbocycles. The van der Waals surface area contributed by atoms with Crippen molar-refractivity contribution in [3.05, 3.63) is 0 Å². The van der Waals surface area contributed by atoms with Gasteiger partial charge in [0.2, 0.25) is 11.8 Å². The van der Waals surface area contributed by atoms with Gasteiger partial charge in [-0.1, -0.05) is 13.3 Å². The van der Waals surface area contributed by atoms with Crippen LogP contribution in [0.1, 0.15) is 32.6 Å². The number of nitrogens with one attached hydrogen (secondary N) is 1. The van der Waals surface area contributed by atoms with Crippen LogP contribution in [0.25, 0.3) is 0 Å². The second-order valence-electron chi connectivity index (χ2n) is 6.05. The summed E-state index contributed by atoms with van der Waals surface area (Å²) in [6.07, 6.45) is 3.34. The molecule has 4 amide bonds. The van der Waals surface area contributed by atoms with Crippen molar-refractivity contribution in [3.8, 4) is 0 Å². The molecule has 0 aromatic rings. The van der Waals surface area contributed by atoms with Gasteiger partial charge in [-0.25, -0.2) is 4.79 Å². The maximum absolute atomic E-state index is 12.5. The normalized spacial score (nSPS) is 37.2. The van der Waals surface area contributed by atoms with E-state index in [0.717, 1.165) is 38.9 Å². The first kappa shape index (κ1) is 13.5. The first-order valence-electron chi connectivity index (χ1n) is 7.52. The van der Waals surface area contributed by atoms with E-state index < -0.39 is 17.9 Å². The zero-order valence-electron chi connectivity index (χ0n) is 11.8. The summed E-state index contributed by atoms with van der Waals surface area (Å²) in [4.78, 5) is 40.1. The van der Waals surface area contributed by atoms with Gasteiger partial charge in [-0.3, -0.25) is 19.8 Å². The Labute approximate surface area is 118 Å². The molecule has 4 saturated heterocycles. The first-order chi connectivity index (χ1) is 9.61. The Morgan fingerprint density at radius 2 is 1.90 bits per heavy atom. The molecule has 0 aliphatic carbocycles. The lowest BCUT2D eigenvalue weighted by Crippen LogP contribution is -2.67. The number of hydrogen-bond acceptors (Lipinski definition) is 4. The number of fused-ring (bicyclic) bond motifs is 3. The van der Waals surface area contributed by atoms with Gasteiger partial charge in [-0.05, 0) is 38.3 Å². The third-order valence-corrected chi connectivity index (χ3v) is 4.83. The Hall–Kier alpha value is -1.43. The molecule has 2 bridgehead atoms. The van der Waals surface area contributed by atoms with Crippen molar-refractivity contribution in [2.24, 2.45) is 11.8 Å². The van der Waals surface area contributed by atoms with E-state index in [0.29, 0.717) is 12.3 Å². The zero-order chi connectivity index (χ0) is 14.3. The summed E-state index contributed by atoms with van der Waals surface area (Å²) < 4.78 is 0. The largest absolute Gasteiger partial charge is 0.331 e. The fraction of sp³-hybridized carbons (Fsp3) is 0.786. The highest BCUT2D eigenvalue weighted by molar-refractivity contribution is 6.16.